The van der Waals surface area contributed by atoms with Gasteiger partial charge in [0.1, 0.15) is 5.52 Å². The van der Waals surface area contributed by atoms with Gasteiger partial charge in [-0.3, -0.25) is 4.79 Å². The zero-order chi connectivity index (χ0) is 15.1. The molecular formula is C15H15N5OS. The van der Waals surface area contributed by atoms with Crippen LogP contribution in [0.5, 0.6) is 0 Å². The van der Waals surface area contributed by atoms with Crippen LogP contribution in [0.4, 0.5) is 0 Å². The van der Waals surface area contributed by atoms with E-state index in [9.17, 15) is 4.79 Å². The van der Waals surface area contributed by atoms with Crippen LogP contribution < -0.4 is 5.32 Å². The predicted octanol–water partition coefficient (Wildman–Crippen LogP) is 2.27. The fraction of sp³-hybridized carbons (Fsp3) is 0.333. The van der Waals surface area contributed by atoms with E-state index >= 15 is 0 Å². The van der Waals surface area contributed by atoms with Crippen LogP contribution in [-0.2, 0) is 4.79 Å². The number of aromatic amines is 1. The number of aromatic nitrogens is 4. The maximum absolute atomic E-state index is 12.0. The summed E-state index contributed by atoms with van der Waals surface area (Å²) in [6.07, 6.45) is 2.17. The van der Waals surface area contributed by atoms with Crippen molar-refractivity contribution in [2.45, 2.75) is 36.2 Å². The number of para-hydroxylation sites is 1. The van der Waals surface area contributed by atoms with Gasteiger partial charge >= 0.3 is 0 Å². The molecule has 0 aliphatic heterocycles. The molecule has 112 valence electrons. The highest BCUT2D eigenvalue weighted by Crippen LogP contribution is 2.26. The van der Waals surface area contributed by atoms with Crippen molar-refractivity contribution in [2.75, 3.05) is 0 Å². The van der Waals surface area contributed by atoms with Crippen LogP contribution >= 0.6 is 11.8 Å². The van der Waals surface area contributed by atoms with Crippen LogP contribution in [0.3, 0.4) is 0 Å². The molecule has 6 nitrogen and oxygen atoms in total. The first-order valence-corrected chi connectivity index (χ1v) is 8.17. The van der Waals surface area contributed by atoms with Crippen LogP contribution in [0.25, 0.3) is 22.1 Å². The Hall–Kier alpha value is -2.15. The topological polar surface area (TPSA) is 83.6 Å². The molecule has 1 unspecified atom stereocenters. The Labute approximate surface area is 131 Å². The van der Waals surface area contributed by atoms with Gasteiger partial charge in [0.25, 0.3) is 0 Å². The quantitative estimate of drug-likeness (QED) is 0.722. The van der Waals surface area contributed by atoms with E-state index < -0.39 is 0 Å². The number of fused-ring (bicyclic) bond motifs is 3. The number of carbonyl (C=O) groups is 1. The maximum Gasteiger partial charge on any atom is 0.233 e. The number of hydrogen-bond acceptors (Lipinski definition) is 5. The number of carbonyl (C=O) groups excluding carboxylic acids is 1. The van der Waals surface area contributed by atoms with Crippen molar-refractivity contribution in [3.05, 3.63) is 24.3 Å². The van der Waals surface area contributed by atoms with E-state index in [0.717, 1.165) is 29.3 Å². The first-order chi connectivity index (χ1) is 10.7. The van der Waals surface area contributed by atoms with Crippen molar-refractivity contribution in [3.8, 4) is 0 Å². The van der Waals surface area contributed by atoms with Crippen molar-refractivity contribution in [3.63, 3.8) is 0 Å². The van der Waals surface area contributed by atoms with Gasteiger partial charge in [0.2, 0.25) is 11.1 Å². The summed E-state index contributed by atoms with van der Waals surface area (Å²) in [7, 11) is 0. The number of amides is 1. The van der Waals surface area contributed by atoms with Crippen LogP contribution in [0, 0.1) is 0 Å². The number of nitrogens with one attached hydrogen (secondary N) is 2. The van der Waals surface area contributed by atoms with E-state index in [1.54, 1.807) is 0 Å². The minimum absolute atomic E-state index is 0.0350. The Morgan fingerprint density at radius 3 is 3.00 bits per heavy atom. The highest BCUT2D eigenvalue weighted by molar-refractivity contribution is 8.00. The average Bonchev–Trinajstić information content (AvgIpc) is 3.25. The summed E-state index contributed by atoms with van der Waals surface area (Å²) in [6, 6.07) is 8.26. The number of rotatable bonds is 4. The van der Waals surface area contributed by atoms with E-state index in [-0.39, 0.29) is 11.2 Å². The van der Waals surface area contributed by atoms with Gasteiger partial charge in [0.05, 0.1) is 5.25 Å². The van der Waals surface area contributed by atoms with Crippen molar-refractivity contribution in [1.82, 2.24) is 25.5 Å². The van der Waals surface area contributed by atoms with Crippen LogP contribution in [0.2, 0.25) is 0 Å². The monoisotopic (exact) mass is 313 g/mol. The predicted molar refractivity (Wildman–Crippen MR) is 85.7 cm³/mol. The molecule has 1 aliphatic rings. The normalized spacial score (nSPS) is 16.0. The summed E-state index contributed by atoms with van der Waals surface area (Å²) >= 11 is 1.33. The molecule has 0 spiro atoms. The number of hydrogen-bond donors (Lipinski definition) is 2. The van der Waals surface area contributed by atoms with E-state index in [0.29, 0.717) is 16.8 Å². The van der Waals surface area contributed by atoms with E-state index in [2.05, 4.69) is 25.5 Å². The summed E-state index contributed by atoms with van der Waals surface area (Å²) in [5, 5.41) is 12.7. The first kappa shape index (κ1) is 13.5. The number of benzene rings is 1. The largest absolute Gasteiger partial charge is 0.352 e. The molecule has 0 radical (unpaired) electrons. The van der Waals surface area contributed by atoms with Gasteiger partial charge in [0, 0.05) is 16.9 Å². The molecule has 3 aromatic rings. The third-order valence-corrected chi connectivity index (χ3v) is 4.63. The summed E-state index contributed by atoms with van der Waals surface area (Å²) in [5.41, 5.74) is 2.45. The summed E-state index contributed by atoms with van der Waals surface area (Å²) < 4.78 is 0. The lowest BCUT2D eigenvalue weighted by Gasteiger charge is -2.09. The highest BCUT2D eigenvalue weighted by atomic mass is 32.2. The Balaban J connectivity index is 1.59. The molecule has 1 aliphatic carbocycles. The smallest absolute Gasteiger partial charge is 0.233 e. The van der Waals surface area contributed by atoms with E-state index in [1.807, 2.05) is 31.2 Å². The van der Waals surface area contributed by atoms with Crippen LogP contribution in [-0.4, -0.2) is 37.4 Å². The molecule has 7 heteroatoms. The standard InChI is InChI=1S/C15H15N5OS/c1-8(14(21)16-9-6-7-9)22-15-18-13-12(19-20-15)10-4-2-3-5-11(10)17-13/h2-5,8-9H,6-7H2,1H3,(H,16,21)(H,17,18,20). The second kappa shape index (κ2) is 5.24. The molecule has 1 amide bonds. The molecule has 0 bridgehead atoms. The number of thioether (sulfide) groups is 1. The summed E-state index contributed by atoms with van der Waals surface area (Å²) in [4.78, 5) is 19.7. The highest BCUT2D eigenvalue weighted by Gasteiger charge is 2.26. The number of nitrogens with zero attached hydrogens (tertiary/aromatic N) is 3. The first-order valence-electron chi connectivity index (χ1n) is 7.29. The van der Waals surface area contributed by atoms with E-state index in [4.69, 9.17) is 0 Å². The van der Waals surface area contributed by atoms with Gasteiger partial charge in [0.15, 0.2) is 5.65 Å². The second-order valence-electron chi connectivity index (χ2n) is 5.51. The molecule has 4 rings (SSSR count). The van der Waals surface area contributed by atoms with Gasteiger partial charge < -0.3 is 10.3 Å². The molecule has 1 aromatic carbocycles. The van der Waals surface area contributed by atoms with Crippen LogP contribution in [0.15, 0.2) is 29.4 Å². The molecule has 1 saturated carbocycles. The zero-order valence-electron chi connectivity index (χ0n) is 12.0. The van der Waals surface area contributed by atoms with Crippen molar-refractivity contribution >= 4 is 39.7 Å². The molecule has 2 N–H and O–H groups in total. The van der Waals surface area contributed by atoms with Gasteiger partial charge in [-0.05, 0) is 25.8 Å². The lowest BCUT2D eigenvalue weighted by Crippen LogP contribution is -2.32. The lowest BCUT2D eigenvalue weighted by molar-refractivity contribution is -0.120. The van der Waals surface area contributed by atoms with Gasteiger partial charge in [-0.15, -0.1) is 10.2 Å². The number of H-pyrrole nitrogens is 1. The van der Waals surface area contributed by atoms with Gasteiger partial charge in [-0.25, -0.2) is 4.98 Å². The second-order valence-corrected chi connectivity index (χ2v) is 6.81. The third-order valence-electron chi connectivity index (χ3n) is 3.68. The minimum atomic E-state index is -0.232. The molecule has 2 heterocycles. The molecular weight excluding hydrogens is 298 g/mol. The Morgan fingerprint density at radius 2 is 2.18 bits per heavy atom. The lowest BCUT2D eigenvalue weighted by atomic mass is 10.2. The van der Waals surface area contributed by atoms with Crippen molar-refractivity contribution in [2.24, 2.45) is 0 Å². The maximum atomic E-state index is 12.0. The molecule has 2 aromatic heterocycles. The van der Waals surface area contributed by atoms with Crippen LogP contribution in [0.1, 0.15) is 19.8 Å². The van der Waals surface area contributed by atoms with Crippen molar-refractivity contribution in [1.29, 1.82) is 0 Å². The third kappa shape index (κ3) is 2.52. The molecule has 1 fully saturated rings. The Bertz CT molecular complexity index is 857. The van der Waals surface area contributed by atoms with Gasteiger partial charge in [-0.1, -0.05) is 30.0 Å². The Kier molecular flexibility index (Phi) is 3.22. The molecule has 1 atom stereocenters. The fourth-order valence-electron chi connectivity index (χ4n) is 2.31. The SMILES string of the molecule is CC(Sc1nnc2c(n1)[nH]c1ccccc12)C(=O)NC1CC1. The molecule has 22 heavy (non-hydrogen) atoms. The Morgan fingerprint density at radius 1 is 1.36 bits per heavy atom. The van der Waals surface area contributed by atoms with Crippen molar-refractivity contribution < 1.29 is 4.79 Å². The minimum Gasteiger partial charge on any atom is -0.352 e. The van der Waals surface area contributed by atoms with Gasteiger partial charge in [-0.2, -0.15) is 0 Å². The van der Waals surface area contributed by atoms with E-state index in [1.165, 1.54) is 11.8 Å². The zero-order valence-corrected chi connectivity index (χ0v) is 12.9. The summed E-state index contributed by atoms with van der Waals surface area (Å²) in [5.74, 6) is 0.0350. The molecule has 0 saturated heterocycles. The summed E-state index contributed by atoms with van der Waals surface area (Å²) in [6.45, 7) is 1.86. The average molecular weight is 313 g/mol. The fourth-order valence-corrected chi connectivity index (χ4v) is 3.04.